The molecule has 0 bridgehead atoms. The highest BCUT2D eigenvalue weighted by molar-refractivity contribution is 5.87. The molecule has 0 aliphatic heterocycles. The minimum Gasteiger partial charge on any atom is -0.393 e. The van der Waals surface area contributed by atoms with E-state index in [9.17, 15) is 9.59 Å². The Balaban J connectivity index is 2.44. The van der Waals surface area contributed by atoms with Gasteiger partial charge in [-0.25, -0.2) is 4.79 Å². The molecule has 1 saturated carbocycles. The second kappa shape index (κ2) is 5.16. The second-order valence-electron chi connectivity index (χ2n) is 4.56. The molecule has 0 aromatic heterocycles. The van der Waals surface area contributed by atoms with E-state index >= 15 is 0 Å². The van der Waals surface area contributed by atoms with Crippen molar-refractivity contribution in [3.63, 3.8) is 0 Å². The minimum atomic E-state index is -0.706. The summed E-state index contributed by atoms with van der Waals surface area (Å²) in [5, 5.41) is 14.3. The molecular formula is C10H19N3O3. The average molecular weight is 229 g/mol. The van der Waals surface area contributed by atoms with Crippen LogP contribution in [0.3, 0.4) is 0 Å². The molecular weight excluding hydrogens is 210 g/mol. The third-order valence-electron chi connectivity index (χ3n) is 2.71. The normalized spacial score (nSPS) is 25.8. The van der Waals surface area contributed by atoms with E-state index in [0.29, 0.717) is 12.8 Å². The number of rotatable bonds is 4. The zero-order valence-electron chi connectivity index (χ0n) is 9.56. The SMILES string of the molecule is CC(C)C(NC(N)=O)C(=O)NC1CC(O)C1. The Kier molecular flexibility index (Phi) is 4.12. The van der Waals surface area contributed by atoms with Gasteiger partial charge < -0.3 is 21.5 Å². The van der Waals surface area contributed by atoms with Crippen LogP contribution in [0.15, 0.2) is 0 Å². The van der Waals surface area contributed by atoms with Gasteiger partial charge in [0.25, 0.3) is 0 Å². The van der Waals surface area contributed by atoms with Crippen LogP contribution >= 0.6 is 0 Å². The van der Waals surface area contributed by atoms with Crippen molar-refractivity contribution in [2.75, 3.05) is 0 Å². The lowest BCUT2D eigenvalue weighted by atomic mass is 9.89. The van der Waals surface area contributed by atoms with E-state index in [1.165, 1.54) is 0 Å². The zero-order chi connectivity index (χ0) is 12.3. The van der Waals surface area contributed by atoms with Gasteiger partial charge >= 0.3 is 6.03 Å². The lowest BCUT2D eigenvalue weighted by Crippen LogP contribution is -2.56. The first-order valence-corrected chi connectivity index (χ1v) is 5.44. The van der Waals surface area contributed by atoms with Crippen LogP contribution in [0.2, 0.25) is 0 Å². The third kappa shape index (κ3) is 3.37. The Morgan fingerprint density at radius 2 is 1.94 bits per heavy atom. The lowest BCUT2D eigenvalue weighted by Gasteiger charge is -2.33. The summed E-state index contributed by atoms with van der Waals surface area (Å²) >= 11 is 0. The summed E-state index contributed by atoms with van der Waals surface area (Å²) in [6.45, 7) is 3.66. The number of urea groups is 1. The van der Waals surface area contributed by atoms with Crippen LogP contribution in [0.1, 0.15) is 26.7 Å². The molecule has 1 fully saturated rings. The lowest BCUT2D eigenvalue weighted by molar-refractivity contribution is -0.125. The fourth-order valence-electron chi connectivity index (χ4n) is 1.68. The molecule has 0 saturated heterocycles. The van der Waals surface area contributed by atoms with Gasteiger partial charge in [-0.05, 0) is 18.8 Å². The molecule has 92 valence electrons. The number of nitrogens with one attached hydrogen (secondary N) is 2. The highest BCUT2D eigenvalue weighted by atomic mass is 16.3. The summed E-state index contributed by atoms with van der Waals surface area (Å²) in [7, 11) is 0. The van der Waals surface area contributed by atoms with Crippen molar-refractivity contribution >= 4 is 11.9 Å². The Morgan fingerprint density at radius 1 is 1.38 bits per heavy atom. The summed E-state index contributed by atoms with van der Waals surface area (Å²) < 4.78 is 0. The van der Waals surface area contributed by atoms with Crippen LogP contribution in [0.4, 0.5) is 4.79 Å². The van der Waals surface area contributed by atoms with Crippen molar-refractivity contribution in [1.82, 2.24) is 10.6 Å². The first kappa shape index (κ1) is 12.8. The topological polar surface area (TPSA) is 104 Å². The number of hydrogen-bond donors (Lipinski definition) is 4. The average Bonchev–Trinajstić information content (AvgIpc) is 2.10. The predicted molar refractivity (Wildman–Crippen MR) is 58.5 cm³/mol. The molecule has 0 spiro atoms. The summed E-state index contributed by atoms with van der Waals surface area (Å²) in [6, 6.07) is -1.31. The van der Waals surface area contributed by atoms with Gasteiger partial charge in [-0.2, -0.15) is 0 Å². The number of aliphatic hydroxyl groups excluding tert-OH is 1. The van der Waals surface area contributed by atoms with Crippen LogP contribution in [0, 0.1) is 5.92 Å². The molecule has 3 amide bonds. The van der Waals surface area contributed by atoms with E-state index in [4.69, 9.17) is 10.8 Å². The van der Waals surface area contributed by atoms with Gasteiger partial charge in [0, 0.05) is 6.04 Å². The van der Waals surface area contributed by atoms with E-state index in [2.05, 4.69) is 10.6 Å². The Labute approximate surface area is 94.6 Å². The molecule has 1 aliphatic rings. The van der Waals surface area contributed by atoms with Crippen LogP contribution < -0.4 is 16.4 Å². The zero-order valence-corrected chi connectivity index (χ0v) is 9.56. The Hall–Kier alpha value is -1.30. The highest BCUT2D eigenvalue weighted by Gasteiger charge is 2.31. The Bertz CT molecular complexity index is 274. The maximum absolute atomic E-state index is 11.8. The van der Waals surface area contributed by atoms with E-state index < -0.39 is 12.1 Å². The van der Waals surface area contributed by atoms with Crippen molar-refractivity contribution in [2.45, 2.75) is 44.9 Å². The van der Waals surface area contributed by atoms with Crippen LogP contribution in [0.25, 0.3) is 0 Å². The molecule has 1 rings (SSSR count). The third-order valence-corrected chi connectivity index (χ3v) is 2.71. The molecule has 6 nitrogen and oxygen atoms in total. The van der Waals surface area contributed by atoms with Crippen molar-refractivity contribution in [3.05, 3.63) is 0 Å². The van der Waals surface area contributed by atoms with Crippen LogP contribution in [-0.2, 0) is 4.79 Å². The predicted octanol–water partition coefficient (Wildman–Crippen LogP) is -0.681. The number of aliphatic hydroxyl groups is 1. The van der Waals surface area contributed by atoms with Crippen molar-refractivity contribution in [2.24, 2.45) is 11.7 Å². The molecule has 0 radical (unpaired) electrons. The van der Waals surface area contributed by atoms with Crippen LogP contribution in [0.5, 0.6) is 0 Å². The van der Waals surface area contributed by atoms with Gasteiger partial charge in [0.1, 0.15) is 6.04 Å². The van der Waals surface area contributed by atoms with Gasteiger partial charge in [0.15, 0.2) is 0 Å². The molecule has 6 heteroatoms. The number of nitrogens with two attached hydrogens (primary N) is 1. The van der Waals surface area contributed by atoms with E-state index in [-0.39, 0.29) is 24.0 Å². The first-order valence-electron chi connectivity index (χ1n) is 5.44. The van der Waals surface area contributed by atoms with Gasteiger partial charge in [-0.15, -0.1) is 0 Å². The molecule has 0 heterocycles. The van der Waals surface area contributed by atoms with Gasteiger partial charge in [0.2, 0.25) is 5.91 Å². The maximum atomic E-state index is 11.8. The largest absolute Gasteiger partial charge is 0.393 e. The maximum Gasteiger partial charge on any atom is 0.312 e. The molecule has 16 heavy (non-hydrogen) atoms. The second-order valence-corrected chi connectivity index (χ2v) is 4.56. The van der Waals surface area contributed by atoms with E-state index in [1.807, 2.05) is 13.8 Å². The van der Waals surface area contributed by atoms with Gasteiger partial charge in [-0.1, -0.05) is 13.8 Å². The fourth-order valence-corrected chi connectivity index (χ4v) is 1.68. The van der Waals surface area contributed by atoms with E-state index in [0.717, 1.165) is 0 Å². The summed E-state index contributed by atoms with van der Waals surface area (Å²) in [5.41, 5.74) is 5.00. The Morgan fingerprint density at radius 3 is 2.31 bits per heavy atom. The van der Waals surface area contributed by atoms with Gasteiger partial charge in [0.05, 0.1) is 6.10 Å². The molecule has 0 aromatic rings. The molecule has 5 N–H and O–H groups in total. The minimum absolute atomic E-state index is 0.0124. The number of primary amides is 1. The molecule has 0 aromatic carbocycles. The fraction of sp³-hybridized carbons (Fsp3) is 0.800. The van der Waals surface area contributed by atoms with Crippen LogP contribution in [-0.4, -0.2) is 35.2 Å². The van der Waals surface area contributed by atoms with Crippen molar-refractivity contribution < 1.29 is 14.7 Å². The monoisotopic (exact) mass is 229 g/mol. The molecule has 1 atom stereocenters. The number of carbonyl (C=O) groups excluding carboxylic acids is 2. The highest BCUT2D eigenvalue weighted by Crippen LogP contribution is 2.19. The number of hydrogen-bond acceptors (Lipinski definition) is 3. The first-order chi connectivity index (χ1) is 7.40. The molecule has 1 aliphatic carbocycles. The quantitative estimate of drug-likeness (QED) is 0.513. The van der Waals surface area contributed by atoms with Crippen molar-refractivity contribution in [1.29, 1.82) is 0 Å². The standard InChI is InChI=1S/C10H19N3O3/c1-5(2)8(13-10(11)16)9(15)12-6-3-7(14)4-6/h5-8,14H,3-4H2,1-2H3,(H,12,15)(H3,11,13,16). The smallest absolute Gasteiger partial charge is 0.312 e. The molecule has 1 unspecified atom stereocenters. The van der Waals surface area contributed by atoms with E-state index in [1.54, 1.807) is 0 Å². The number of carbonyl (C=O) groups is 2. The van der Waals surface area contributed by atoms with Gasteiger partial charge in [-0.3, -0.25) is 4.79 Å². The number of amides is 3. The summed E-state index contributed by atoms with van der Waals surface area (Å²) in [5.74, 6) is -0.275. The summed E-state index contributed by atoms with van der Waals surface area (Å²) in [6.07, 6.45) is 0.840. The summed E-state index contributed by atoms with van der Waals surface area (Å²) in [4.78, 5) is 22.5. The van der Waals surface area contributed by atoms with Crippen molar-refractivity contribution in [3.8, 4) is 0 Å².